The van der Waals surface area contributed by atoms with Crippen LogP contribution < -0.4 is 10.2 Å². The summed E-state index contributed by atoms with van der Waals surface area (Å²) in [7, 11) is 0. The Morgan fingerprint density at radius 2 is 1.84 bits per heavy atom. The molecule has 0 radical (unpaired) electrons. The Morgan fingerprint density at radius 3 is 2.52 bits per heavy atom. The van der Waals surface area contributed by atoms with Crippen LogP contribution in [0.3, 0.4) is 0 Å². The van der Waals surface area contributed by atoms with Crippen molar-refractivity contribution < 1.29 is 9.59 Å². The predicted octanol–water partition coefficient (Wildman–Crippen LogP) is 3.86. The molecule has 0 aromatic heterocycles. The molecule has 0 spiro atoms. The number of rotatable bonds is 4. The molecule has 1 saturated heterocycles. The number of nitrogens with zero attached hydrogens (tertiary/aromatic N) is 1. The van der Waals surface area contributed by atoms with Crippen LogP contribution in [0.4, 0.5) is 11.4 Å². The molecule has 1 fully saturated rings. The predicted molar refractivity (Wildman–Crippen MR) is 101 cm³/mol. The summed E-state index contributed by atoms with van der Waals surface area (Å²) in [5.41, 5.74) is 5.06. The summed E-state index contributed by atoms with van der Waals surface area (Å²) in [5.74, 6) is -0.395. The summed E-state index contributed by atoms with van der Waals surface area (Å²) in [6.45, 7) is 6.53. The molecule has 1 N–H and O–H groups in total. The van der Waals surface area contributed by atoms with Crippen LogP contribution in [0.5, 0.6) is 0 Å². The van der Waals surface area contributed by atoms with Crippen molar-refractivity contribution in [3.63, 3.8) is 0 Å². The monoisotopic (exact) mass is 336 g/mol. The molecular weight excluding hydrogens is 312 g/mol. The highest BCUT2D eigenvalue weighted by atomic mass is 16.2. The number of benzene rings is 2. The number of hydrogen-bond acceptors (Lipinski definition) is 2. The second kappa shape index (κ2) is 7.09. The van der Waals surface area contributed by atoms with Gasteiger partial charge >= 0.3 is 0 Å². The molecule has 1 aliphatic rings. The molecule has 4 heteroatoms. The van der Waals surface area contributed by atoms with Crippen LogP contribution in [0.25, 0.3) is 0 Å². The fraction of sp³-hybridized carbons (Fsp3) is 0.333. The third kappa shape index (κ3) is 3.73. The highest BCUT2D eigenvalue weighted by Gasteiger charge is 2.35. The van der Waals surface area contributed by atoms with Gasteiger partial charge < -0.3 is 10.2 Å². The third-order valence-corrected chi connectivity index (χ3v) is 4.67. The minimum absolute atomic E-state index is 0.00827. The highest BCUT2D eigenvalue weighted by molar-refractivity contribution is 6.03. The van der Waals surface area contributed by atoms with E-state index in [4.69, 9.17) is 0 Å². The first-order chi connectivity index (χ1) is 12.0. The maximum Gasteiger partial charge on any atom is 0.229 e. The largest absolute Gasteiger partial charge is 0.326 e. The molecule has 0 unspecified atom stereocenters. The Bertz CT molecular complexity index is 793. The quantitative estimate of drug-likeness (QED) is 0.922. The zero-order valence-corrected chi connectivity index (χ0v) is 15.0. The summed E-state index contributed by atoms with van der Waals surface area (Å²) in [5, 5.41) is 3.00. The lowest BCUT2D eigenvalue weighted by atomic mass is 10.1. The fourth-order valence-corrected chi connectivity index (χ4v) is 3.42. The van der Waals surface area contributed by atoms with Gasteiger partial charge in [-0.25, -0.2) is 0 Å². The van der Waals surface area contributed by atoms with Crippen LogP contribution in [0.15, 0.2) is 42.5 Å². The first-order valence-corrected chi connectivity index (χ1v) is 8.75. The van der Waals surface area contributed by atoms with Gasteiger partial charge in [0.05, 0.1) is 5.92 Å². The third-order valence-electron chi connectivity index (χ3n) is 4.67. The molecular formula is C21H24N2O2. The van der Waals surface area contributed by atoms with E-state index in [1.807, 2.05) is 50.2 Å². The summed E-state index contributed by atoms with van der Waals surface area (Å²) in [6.07, 6.45) is 1.11. The van der Waals surface area contributed by atoms with Gasteiger partial charge in [0, 0.05) is 24.3 Å². The molecule has 2 amide bonds. The SMILES string of the molecule is CCc1ccccc1NC(=O)[C@@H]1CC(=O)N(c2cc(C)cc(C)c2)C1. The number of hydrogen-bond donors (Lipinski definition) is 1. The Balaban J connectivity index is 1.74. The molecule has 2 aromatic rings. The fourth-order valence-electron chi connectivity index (χ4n) is 3.42. The van der Waals surface area contributed by atoms with Crippen molar-refractivity contribution in [1.82, 2.24) is 0 Å². The van der Waals surface area contributed by atoms with Crippen LogP contribution in [-0.4, -0.2) is 18.4 Å². The van der Waals surface area contributed by atoms with Crippen LogP contribution in [0, 0.1) is 19.8 Å². The summed E-state index contributed by atoms with van der Waals surface area (Å²) >= 11 is 0. The van der Waals surface area contributed by atoms with Gasteiger partial charge in [0.25, 0.3) is 0 Å². The number of aryl methyl sites for hydroxylation is 3. The lowest BCUT2D eigenvalue weighted by molar-refractivity contribution is -0.122. The molecule has 3 rings (SSSR count). The van der Waals surface area contributed by atoms with Gasteiger partial charge in [0.2, 0.25) is 11.8 Å². The topological polar surface area (TPSA) is 49.4 Å². The maximum absolute atomic E-state index is 12.6. The first kappa shape index (κ1) is 17.2. The zero-order valence-electron chi connectivity index (χ0n) is 15.0. The number of nitrogens with one attached hydrogen (secondary N) is 1. The minimum Gasteiger partial charge on any atom is -0.326 e. The van der Waals surface area contributed by atoms with Gasteiger partial charge in [-0.05, 0) is 55.2 Å². The minimum atomic E-state index is -0.321. The molecule has 2 aromatic carbocycles. The zero-order chi connectivity index (χ0) is 18.0. The van der Waals surface area contributed by atoms with Crippen LogP contribution in [-0.2, 0) is 16.0 Å². The molecule has 1 aliphatic heterocycles. The van der Waals surface area contributed by atoms with E-state index in [-0.39, 0.29) is 24.2 Å². The van der Waals surface area contributed by atoms with Gasteiger partial charge in [-0.15, -0.1) is 0 Å². The van der Waals surface area contributed by atoms with Gasteiger partial charge in [-0.1, -0.05) is 31.2 Å². The summed E-state index contributed by atoms with van der Waals surface area (Å²) in [6, 6.07) is 13.9. The number of carbonyl (C=O) groups is 2. The molecule has 130 valence electrons. The van der Waals surface area contributed by atoms with Crippen molar-refractivity contribution >= 4 is 23.2 Å². The smallest absolute Gasteiger partial charge is 0.229 e. The molecule has 0 saturated carbocycles. The normalized spacial score (nSPS) is 17.0. The lowest BCUT2D eigenvalue weighted by Crippen LogP contribution is -2.28. The summed E-state index contributed by atoms with van der Waals surface area (Å²) < 4.78 is 0. The van der Waals surface area contributed by atoms with E-state index < -0.39 is 0 Å². The Labute approximate surface area is 148 Å². The molecule has 0 bridgehead atoms. The van der Waals surface area contributed by atoms with Crippen molar-refractivity contribution in [3.8, 4) is 0 Å². The van der Waals surface area contributed by atoms with Crippen molar-refractivity contribution in [2.45, 2.75) is 33.6 Å². The number of para-hydroxylation sites is 1. The van der Waals surface area contributed by atoms with Crippen LogP contribution in [0.1, 0.15) is 30.0 Å². The second-order valence-corrected chi connectivity index (χ2v) is 6.75. The van der Waals surface area contributed by atoms with Crippen molar-refractivity contribution in [3.05, 3.63) is 59.2 Å². The van der Waals surface area contributed by atoms with Gasteiger partial charge in [0.1, 0.15) is 0 Å². The maximum atomic E-state index is 12.6. The number of anilines is 2. The first-order valence-electron chi connectivity index (χ1n) is 8.75. The van der Waals surface area contributed by atoms with Crippen LogP contribution in [0.2, 0.25) is 0 Å². The average molecular weight is 336 g/mol. The van der Waals surface area contributed by atoms with E-state index >= 15 is 0 Å². The molecule has 1 atom stereocenters. The number of amides is 2. The number of carbonyl (C=O) groups excluding carboxylic acids is 2. The van der Waals surface area contributed by atoms with Crippen molar-refractivity contribution in [2.24, 2.45) is 5.92 Å². The van der Waals surface area contributed by atoms with Gasteiger partial charge in [-0.2, -0.15) is 0 Å². The standard InChI is InChI=1S/C21H24N2O2/c1-4-16-7-5-6-8-19(16)22-21(25)17-12-20(24)23(13-17)18-10-14(2)9-15(3)11-18/h5-11,17H,4,12-13H2,1-3H3,(H,22,25)/t17-/m1/s1. The summed E-state index contributed by atoms with van der Waals surface area (Å²) in [4.78, 5) is 26.8. The van der Waals surface area contributed by atoms with Crippen LogP contribution >= 0.6 is 0 Å². The molecule has 0 aliphatic carbocycles. The second-order valence-electron chi connectivity index (χ2n) is 6.75. The van der Waals surface area contributed by atoms with Crippen molar-refractivity contribution in [2.75, 3.05) is 16.8 Å². The van der Waals surface area contributed by atoms with E-state index in [1.54, 1.807) is 4.90 Å². The Morgan fingerprint density at radius 1 is 1.16 bits per heavy atom. The van der Waals surface area contributed by atoms with Gasteiger partial charge in [0.15, 0.2) is 0 Å². The van der Waals surface area contributed by atoms with Gasteiger partial charge in [-0.3, -0.25) is 9.59 Å². The Hall–Kier alpha value is -2.62. The molecule has 1 heterocycles. The van der Waals surface area contributed by atoms with E-state index in [0.29, 0.717) is 6.54 Å². The van der Waals surface area contributed by atoms with Crippen molar-refractivity contribution in [1.29, 1.82) is 0 Å². The van der Waals surface area contributed by atoms with E-state index in [0.717, 1.165) is 34.5 Å². The Kier molecular flexibility index (Phi) is 4.88. The molecule has 25 heavy (non-hydrogen) atoms. The van der Waals surface area contributed by atoms with E-state index in [9.17, 15) is 9.59 Å². The molecule has 4 nitrogen and oxygen atoms in total. The average Bonchev–Trinajstić information content (AvgIpc) is 2.96. The van der Waals surface area contributed by atoms with E-state index in [1.165, 1.54) is 0 Å². The highest BCUT2D eigenvalue weighted by Crippen LogP contribution is 2.28. The lowest BCUT2D eigenvalue weighted by Gasteiger charge is -2.18. The van der Waals surface area contributed by atoms with E-state index in [2.05, 4.69) is 18.3 Å².